The molecule has 3 aromatic carbocycles. The van der Waals surface area contributed by atoms with Crippen LogP contribution < -0.4 is 10.2 Å². The van der Waals surface area contributed by atoms with Gasteiger partial charge in [-0.05, 0) is 55.5 Å². The number of nitrogens with one attached hydrogen (secondary N) is 1. The van der Waals surface area contributed by atoms with Gasteiger partial charge in [-0.2, -0.15) is 13.2 Å². The molecule has 0 spiro atoms. The van der Waals surface area contributed by atoms with Gasteiger partial charge in [0.1, 0.15) is 11.5 Å². The van der Waals surface area contributed by atoms with Gasteiger partial charge in [0.2, 0.25) is 0 Å². The van der Waals surface area contributed by atoms with E-state index in [0.29, 0.717) is 36.8 Å². The highest BCUT2D eigenvalue weighted by molar-refractivity contribution is 6.00. The number of fused-ring (bicyclic) bond motifs is 1. The molecule has 1 N–H and O–H groups in total. The lowest BCUT2D eigenvalue weighted by Crippen LogP contribution is -2.55. The Morgan fingerprint density at radius 1 is 0.919 bits per heavy atom. The molecule has 0 radical (unpaired) electrons. The maximum atomic E-state index is 13.4. The second-order valence-corrected chi connectivity index (χ2v) is 8.92. The zero-order valence-electron chi connectivity index (χ0n) is 19.8. The van der Waals surface area contributed by atoms with Crippen LogP contribution in [0.1, 0.15) is 12.5 Å². The predicted octanol–water partition coefficient (Wildman–Crippen LogP) is 6.20. The van der Waals surface area contributed by atoms with E-state index in [2.05, 4.69) is 20.4 Å². The van der Waals surface area contributed by atoms with E-state index in [4.69, 9.17) is 0 Å². The van der Waals surface area contributed by atoms with E-state index in [0.717, 1.165) is 28.5 Å². The summed E-state index contributed by atoms with van der Waals surface area (Å²) in [5, 5.41) is 13.4. The molecule has 5 rings (SSSR count). The molecule has 2 heterocycles. The van der Waals surface area contributed by atoms with E-state index in [1.165, 1.54) is 24.3 Å². The molecule has 190 valence electrons. The predicted molar refractivity (Wildman–Crippen MR) is 134 cm³/mol. The van der Waals surface area contributed by atoms with Crippen molar-refractivity contribution in [2.24, 2.45) is 0 Å². The van der Waals surface area contributed by atoms with Crippen molar-refractivity contribution in [1.82, 2.24) is 15.1 Å². The van der Waals surface area contributed by atoms with Crippen molar-refractivity contribution in [1.29, 1.82) is 0 Å². The van der Waals surface area contributed by atoms with Crippen LogP contribution in [0.2, 0.25) is 0 Å². The van der Waals surface area contributed by atoms with Gasteiger partial charge in [0.25, 0.3) is 0 Å². The number of benzene rings is 3. The van der Waals surface area contributed by atoms with E-state index in [9.17, 15) is 22.4 Å². The van der Waals surface area contributed by atoms with Crippen molar-refractivity contribution in [2.75, 3.05) is 29.9 Å². The zero-order chi connectivity index (χ0) is 26.2. The smallest absolute Gasteiger partial charge is 0.351 e. The van der Waals surface area contributed by atoms with Crippen LogP contribution in [0.25, 0.3) is 22.0 Å². The molecule has 0 unspecified atom stereocenters. The topological polar surface area (TPSA) is 61.4 Å². The van der Waals surface area contributed by atoms with Crippen LogP contribution in [-0.4, -0.2) is 46.8 Å². The van der Waals surface area contributed by atoms with Crippen LogP contribution in [0.5, 0.6) is 0 Å². The molecule has 1 aliphatic heterocycles. The molecular weight excluding hydrogens is 486 g/mol. The second kappa shape index (κ2) is 9.68. The lowest BCUT2D eigenvalue weighted by Gasteiger charge is -2.40. The Labute approximate surface area is 210 Å². The minimum atomic E-state index is -4.43. The molecule has 4 aromatic rings. The van der Waals surface area contributed by atoms with E-state index < -0.39 is 11.7 Å². The number of halogens is 4. The fourth-order valence-electron chi connectivity index (χ4n) is 4.53. The highest BCUT2D eigenvalue weighted by atomic mass is 19.4. The molecule has 1 atom stereocenters. The Hall–Kier alpha value is -4.21. The maximum Gasteiger partial charge on any atom is 0.416 e. The van der Waals surface area contributed by atoms with Crippen LogP contribution >= 0.6 is 0 Å². The number of piperazine rings is 1. The number of carbonyl (C=O) groups excluding carboxylic acids is 1. The molecule has 0 aliphatic carbocycles. The van der Waals surface area contributed by atoms with Gasteiger partial charge in [-0.1, -0.05) is 24.3 Å². The summed E-state index contributed by atoms with van der Waals surface area (Å²) in [6.45, 7) is 3.29. The summed E-state index contributed by atoms with van der Waals surface area (Å²) >= 11 is 0. The summed E-state index contributed by atoms with van der Waals surface area (Å²) in [6.07, 6.45) is -4.43. The van der Waals surface area contributed by atoms with Gasteiger partial charge in [-0.3, -0.25) is 0 Å². The normalized spacial score (nSPS) is 16.2. The molecular formula is C27H23F4N5O. The third-order valence-corrected chi connectivity index (χ3v) is 6.44. The largest absolute Gasteiger partial charge is 0.416 e. The molecule has 1 aliphatic rings. The Bertz CT molecular complexity index is 1420. The average molecular weight is 510 g/mol. The minimum absolute atomic E-state index is 0.194. The number of carbonyl (C=O) groups is 1. The standard InChI is InChI=1S/C27H23F4N5O/c1-17-16-35(14-15-36(17)26(37)32-21-12-8-19(9-13-21)27(29,30)31)25-23-5-3-2-4-22(23)24(33-34-25)18-6-10-20(28)11-7-18/h2-13,17H,14-16H2,1H3,(H,32,37)/t17-/m0/s1. The Morgan fingerprint density at radius 3 is 2.24 bits per heavy atom. The van der Waals surface area contributed by atoms with Crippen LogP contribution in [0.4, 0.5) is 33.9 Å². The Morgan fingerprint density at radius 2 is 1.59 bits per heavy atom. The first-order valence-corrected chi connectivity index (χ1v) is 11.7. The average Bonchev–Trinajstić information content (AvgIpc) is 2.88. The molecule has 0 bridgehead atoms. The summed E-state index contributed by atoms with van der Waals surface area (Å²) in [6, 6.07) is 17.6. The maximum absolute atomic E-state index is 13.4. The van der Waals surface area contributed by atoms with Crippen molar-refractivity contribution in [2.45, 2.75) is 19.1 Å². The van der Waals surface area contributed by atoms with E-state index in [1.807, 2.05) is 31.2 Å². The molecule has 1 fully saturated rings. The minimum Gasteiger partial charge on any atom is -0.351 e. The summed E-state index contributed by atoms with van der Waals surface area (Å²) in [5.41, 5.74) is 0.934. The molecule has 10 heteroatoms. The van der Waals surface area contributed by atoms with Gasteiger partial charge in [0.05, 0.1) is 5.56 Å². The molecule has 1 aromatic heterocycles. The van der Waals surface area contributed by atoms with Crippen LogP contribution in [0.15, 0.2) is 72.8 Å². The van der Waals surface area contributed by atoms with E-state index in [1.54, 1.807) is 17.0 Å². The Balaban J connectivity index is 1.32. The monoisotopic (exact) mass is 509 g/mol. The summed E-state index contributed by atoms with van der Waals surface area (Å²) < 4.78 is 51.8. The number of urea groups is 1. The van der Waals surface area contributed by atoms with Gasteiger partial charge >= 0.3 is 12.2 Å². The van der Waals surface area contributed by atoms with Crippen molar-refractivity contribution in [3.63, 3.8) is 0 Å². The fourth-order valence-corrected chi connectivity index (χ4v) is 4.53. The number of amides is 2. The summed E-state index contributed by atoms with van der Waals surface area (Å²) in [7, 11) is 0. The lowest BCUT2D eigenvalue weighted by atomic mass is 10.0. The number of anilines is 2. The van der Waals surface area contributed by atoms with Crippen molar-refractivity contribution in [3.8, 4) is 11.3 Å². The van der Waals surface area contributed by atoms with Crippen LogP contribution in [0, 0.1) is 5.82 Å². The highest BCUT2D eigenvalue weighted by Gasteiger charge is 2.31. The Kier molecular flexibility index (Phi) is 6.41. The van der Waals surface area contributed by atoms with Gasteiger partial charge < -0.3 is 15.1 Å². The quantitative estimate of drug-likeness (QED) is 0.334. The lowest BCUT2D eigenvalue weighted by molar-refractivity contribution is -0.137. The number of rotatable bonds is 3. The second-order valence-electron chi connectivity index (χ2n) is 8.92. The molecule has 2 amide bonds. The number of hydrogen-bond donors (Lipinski definition) is 1. The van der Waals surface area contributed by atoms with Gasteiger partial charge in [-0.25, -0.2) is 9.18 Å². The zero-order valence-corrected chi connectivity index (χ0v) is 19.8. The van der Waals surface area contributed by atoms with E-state index >= 15 is 0 Å². The molecule has 1 saturated heterocycles. The molecule has 37 heavy (non-hydrogen) atoms. The SMILES string of the molecule is C[C@H]1CN(c2nnc(-c3ccc(F)cc3)c3ccccc23)CCN1C(=O)Nc1ccc(C(F)(F)F)cc1. The fraction of sp³-hybridized carbons (Fsp3) is 0.222. The third-order valence-electron chi connectivity index (χ3n) is 6.44. The van der Waals surface area contributed by atoms with Crippen molar-refractivity contribution < 1.29 is 22.4 Å². The van der Waals surface area contributed by atoms with Crippen molar-refractivity contribution in [3.05, 3.63) is 84.2 Å². The van der Waals surface area contributed by atoms with E-state index in [-0.39, 0.29) is 17.9 Å². The van der Waals surface area contributed by atoms with Crippen LogP contribution in [-0.2, 0) is 6.18 Å². The highest BCUT2D eigenvalue weighted by Crippen LogP contribution is 2.33. The number of nitrogens with zero attached hydrogens (tertiary/aromatic N) is 4. The molecule has 0 saturated carbocycles. The van der Waals surface area contributed by atoms with Crippen molar-refractivity contribution >= 4 is 28.3 Å². The van der Waals surface area contributed by atoms with Crippen LogP contribution in [0.3, 0.4) is 0 Å². The first-order valence-electron chi connectivity index (χ1n) is 11.7. The third kappa shape index (κ3) is 5.04. The van der Waals surface area contributed by atoms with Gasteiger partial charge in [0.15, 0.2) is 5.82 Å². The summed E-state index contributed by atoms with van der Waals surface area (Å²) in [4.78, 5) is 16.6. The summed E-state index contributed by atoms with van der Waals surface area (Å²) in [5.74, 6) is 0.364. The number of hydrogen-bond acceptors (Lipinski definition) is 4. The molecule has 6 nitrogen and oxygen atoms in total. The number of alkyl halides is 3. The first-order chi connectivity index (χ1) is 17.7. The first kappa shape index (κ1) is 24.5. The van der Waals surface area contributed by atoms with Gasteiger partial charge in [0, 0.05) is 47.7 Å². The number of aromatic nitrogens is 2. The van der Waals surface area contributed by atoms with Gasteiger partial charge in [-0.15, -0.1) is 10.2 Å².